The van der Waals surface area contributed by atoms with E-state index in [0.29, 0.717) is 32.9 Å². The van der Waals surface area contributed by atoms with Crippen molar-refractivity contribution in [1.29, 1.82) is 0 Å². The minimum Gasteiger partial charge on any atom is -0.461 e. The molecule has 0 saturated carbocycles. The molecule has 0 bridgehead atoms. The summed E-state index contributed by atoms with van der Waals surface area (Å²) < 4.78 is 11.0. The summed E-state index contributed by atoms with van der Waals surface area (Å²) in [7, 11) is 0. The second-order valence-electron chi connectivity index (χ2n) is 5.48. The second kappa shape index (κ2) is 9.84. The number of esters is 1. The number of hydrogen-bond donors (Lipinski definition) is 1. The highest BCUT2D eigenvalue weighted by molar-refractivity contribution is 5.73. The number of azide groups is 1. The lowest BCUT2D eigenvalue weighted by molar-refractivity contribution is -0.153. The molecule has 23 heavy (non-hydrogen) atoms. The molecule has 1 heterocycles. The molecule has 2 atom stereocenters. The fourth-order valence-electron chi connectivity index (χ4n) is 2.61. The summed E-state index contributed by atoms with van der Waals surface area (Å²) in [6, 6.07) is 9.64. The topological polar surface area (TPSA) is 96.3 Å². The molecule has 124 valence electrons. The van der Waals surface area contributed by atoms with E-state index in [2.05, 4.69) is 15.3 Å². The van der Waals surface area contributed by atoms with Crippen LogP contribution in [0.25, 0.3) is 10.4 Å². The van der Waals surface area contributed by atoms with Gasteiger partial charge < -0.3 is 14.8 Å². The first-order valence-electron chi connectivity index (χ1n) is 7.81. The Labute approximate surface area is 135 Å². The SMILES string of the molecule is [N-]=[N+]=NCCOCC1CCNCC1C(=O)OCc1ccccc1. The Morgan fingerprint density at radius 3 is 3.00 bits per heavy atom. The Balaban J connectivity index is 1.79. The van der Waals surface area contributed by atoms with Crippen molar-refractivity contribution in [1.82, 2.24) is 5.32 Å². The van der Waals surface area contributed by atoms with Gasteiger partial charge in [0, 0.05) is 18.0 Å². The van der Waals surface area contributed by atoms with Crippen LogP contribution in [0.5, 0.6) is 0 Å². The highest BCUT2D eigenvalue weighted by Crippen LogP contribution is 2.21. The first-order valence-corrected chi connectivity index (χ1v) is 7.81. The van der Waals surface area contributed by atoms with Gasteiger partial charge in [-0.2, -0.15) is 0 Å². The van der Waals surface area contributed by atoms with Crippen molar-refractivity contribution in [2.45, 2.75) is 13.0 Å². The summed E-state index contributed by atoms with van der Waals surface area (Å²) >= 11 is 0. The zero-order chi connectivity index (χ0) is 16.3. The lowest BCUT2D eigenvalue weighted by Crippen LogP contribution is -2.43. The summed E-state index contributed by atoms with van der Waals surface area (Å²) in [6.07, 6.45) is 0.868. The van der Waals surface area contributed by atoms with Gasteiger partial charge in [0.2, 0.25) is 0 Å². The van der Waals surface area contributed by atoms with Gasteiger partial charge in [-0.15, -0.1) is 0 Å². The van der Waals surface area contributed by atoms with E-state index in [1.165, 1.54) is 0 Å². The number of rotatable bonds is 8. The van der Waals surface area contributed by atoms with Gasteiger partial charge in [-0.05, 0) is 30.0 Å². The molecule has 0 radical (unpaired) electrons. The van der Waals surface area contributed by atoms with Crippen molar-refractivity contribution < 1.29 is 14.3 Å². The number of hydrogen-bond acceptors (Lipinski definition) is 5. The third-order valence-corrected chi connectivity index (χ3v) is 3.88. The van der Waals surface area contributed by atoms with Gasteiger partial charge in [0.05, 0.1) is 19.1 Å². The van der Waals surface area contributed by atoms with Gasteiger partial charge in [-0.25, -0.2) is 0 Å². The van der Waals surface area contributed by atoms with Crippen molar-refractivity contribution in [2.75, 3.05) is 32.8 Å². The molecule has 7 heteroatoms. The minimum absolute atomic E-state index is 0.130. The molecule has 1 aromatic carbocycles. The number of nitrogens with zero attached hydrogens (tertiary/aromatic N) is 3. The minimum atomic E-state index is -0.202. The summed E-state index contributed by atoms with van der Waals surface area (Å²) in [5.41, 5.74) is 9.19. The Hall–Kier alpha value is -2.08. The highest BCUT2D eigenvalue weighted by Gasteiger charge is 2.32. The Bertz CT molecular complexity index is 531. The van der Waals surface area contributed by atoms with Crippen molar-refractivity contribution >= 4 is 5.97 Å². The largest absolute Gasteiger partial charge is 0.461 e. The molecule has 1 saturated heterocycles. The van der Waals surface area contributed by atoms with E-state index in [9.17, 15) is 4.79 Å². The zero-order valence-electron chi connectivity index (χ0n) is 13.1. The molecule has 1 N–H and O–H groups in total. The molecule has 1 aliphatic rings. The van der Waals surface area contributed by atoms with Crippen LogP contribution >= 0.6 is 0 Å². The summed E-state index contributed by atoms with van der Waals surface area (Å²) in [6.45, 7) is 2.93. The van der Waals surface area contributed by atoms with Gasteiger partial charge in [0.15, 0.2) is 0 Å². The van der Waals surface area contributed by atoms with Crippen LogP contribution in [0.15, 0.2) is 35.4 Å². The first-order chi connectivity index (χ1) is 11.3. The van der Waals surface area contributed by atoms with Gasteiger partial charge >= 0.3 is 5.97 Å². The third kappa shape index (κ3) is 5.90. The highest BCUT2D eigenvalue weighted by atomic mass is 16.5. The average Bonchev–Trinajstić information content (AvgIpc) is 2.61. The predicted octanol–water partition coefficient (Wildman–Crippen LogP) is 2.28. The van der Waals surface area contributed by atoms with Crippen LogP contribution < -0.4 is 5.32 Å². The molecule has 1 fully saturated rings. The second-order valence-corrected chi connectivity index (χ2v) is 5.48. The van der Waals surface area contributed by atoms with E-state index in [4.69, 9.17) is 15.0 Å². The van der Waals surface area contributed by atoms with Crippen LogP contribution in [0.2, 0.25) is 0 Å². The van der Waals surface area contributed by atoms with Gasteiger partial charge in [-0.1, -0.05) is 35.4 Å². The Morgan fingerprint density at radius 2 is 2.22 bits per heavy atom. The van der Waals surface area contributed by atoms with Crippen molar-refractivity contribution in [3.63, 3.8) is 0 Å². The standard InChI is InChI=1S/C16H22N4O3/c17-20-19-8-9-22-12-14-6-7-18-10-15(14)16(21)23-11-13-4-2-1-3-5-13/h1-5,14-15,18H,6-12H2. The molecule has 7 nitrogen and oxygen atoms in total. The Kier molecular flexibility index (Phi) is 7.39. The number of piperidine rings is 1. The normalized spacial score (nSPS) is 20.5. The van der Waals surface area contributed by atoms with E-state index in [1.807, 2.05) is 30.3 Å². The summed E-state index contributed by atoms with van der Waals surface area (Å²) in [5, 5.41) is 6.65. The van der Waals surface area contributed by atoms with Crippen LogP contribution in [0.1, 0.15) is 12.0 Å². The van der Waals surface area contributed by atoms with E-state index in [1.54, 1.807) is 0 Å². The van der Waals surface area contributed by atoms with E-state index in [0.717, 1.165) is 18.5 Å². The smallest absolute Gasteiger partial charge is 0.310 e. The maximum Gasteiger partial charge on any atom is 0.310 e. The monoisotopic (exact) mass is 318 g/mol. The van der Waals surface area contributed by atoms with Gasteiger partial charge in [-0.3, -0.25) is 4.79 Å². The third-order valence-electron chi connectivity index (χ3n) is 3.88. The Morgan fingerprint density at radius 1 is 1.39 bits per heavy atom. The van der Waals surface area contributed by atoms with Crippen molar-refractivity contribution in [3.05, 3.63) is 46.3 Å². The lowest BCUT2D eigenvalue weighted by atomic mass is 9.87. The fourth-order valence-corrected chi connectivity index (χ4v) is 2.61. The number of benzene rings is 1. The summed E-state index contributed by atoms with van der Waals surface area (Å²) in [4.78, 5) is 15.0. The van der Waals surface area contributed by atoms with Crippen LogP contribution in [0.4, 0.5) is 0 Å². The lowest BCUT2D eigenvalue weighted by Gasteiger charge is -2.30. The van der Waals surface area contributed by atoms with Crippen molar-refractivity contribution in [3.8, 4) is 0 Å². The van der Waals surface area contributed by atoms with E-state index < -0.39 is 0 Å². The molecular weight excluding hydrogens is 296 g/mol. The fraction of sp³-hybridized carbons (Fsp3) is 0.562. The molecule has 0 aliphatic carbocycles. The van der Waals surface area contributed by atoms with Crippen LogP contribution in [-0.2, 0) is 20.9 Å². The maximum absolute atomic E-state index is 12.3. The molecule has 2 rings (SSSR count). The number of carbonyl (C=O) groups is 1. The maximum atomic E-state index is 12.3. The predicted molar refractivity (Wildman–Crippen MR) is 85.5 cm³/mol. The summed E-state index contributed by atoms with van der Waals surface area (Å²) in [5.74, 6) is -0.262. The molecule has 2 unspecified atom stereocenters. The molecular formula is C16H22N4O3. The zero-order valence-corrected chi connectivity index (χ0v) is 13.1. The van der Waals surface area contributed by atoms with Crippen LogP contribution in [0, 0.1) is 11.8 Å². The first kappa shape index (κ1) is 17.3. The number of nitrogens with one attached hydrogen (secondary N) is 1. The van der Waals surface area contributed by atoms with Crippen molar-refractivity contribution in [2.24, 2.45) is 17.0 Å². The quantitative estimate of drug-likeness (QED) is 0.261. The average molecular weight is 318 g/mol. The van der Waals surface area contributed by atoms with E-state index >= 15 is 0 Å². The number of ether oxygens (including phenoxy) is 2. The van der Waals surface area contributed by atoms with Gasteiger partial charge in [0.25, 0.3) is 0 Å². The van der Waals surface area contributed by atoms with Crippen LogP contribution in [0.3, 0.4) is 0 Å². The van der Waals surface area contributed by atoms with E-state index in [-0.39, 0.29) is 17.8 Å². The molecule has 0 spiro atoms. The molecule has 1 aliphatic heterocycles. The van der Waals surface area contributed by atoms with Crippen LogP contribution in [-0.4, -0.2) is 38.8 Å². The molecule has 1 aromatic rings. The molecule has 0 amide bonds. The number of carbonyl (C=O) groups excluding carboxylic acids is 1. The van der Waals surface area contributed by atoms with Gasteiger partial charge in [0.1, 0.15) is 6.61 Å². The molecule has 0 aromatic heterocycles.